The Labute approximate surface area is 141 Å². The van der Waals surface area contributed by atoms with Crippen LogP contribution in [-0.4, -0.2) is 7.11 Å². The van der Waals surface area contributed by atoms with Crippen molar-refractivity contribution >= 4 is 0 Å². The number of ether oxygens (including phenoxy) is 1. The molecule has 0 aromatic heterocycles. The van der Waals surface area contributed by atoms with E-state index in [2.05, 4.69) is 38.6 Å². The Hall–Kier alpha value is -1.24. The van der Waals surface area contributed by atoms with Crippen LogP contribution < -0.4 is 4.74 Å². The quantitative estimate of drug-likeness (QED) is 0.633. The van der Waals surface area contributed by atoms with Gasteiger partial charge in [0.15, 0.2) is 0 Å². The van der Waals surface area contributed by atoms with Gasteiger partial charge in [-0.2, -0.15) is 0 Å². The second-order valence-electron chi connectivity index (χ2n) is 8.33. The molecule has 1 aromatic carbocycles. The van der Waals surface area contributed by atoms with Crippen molar-refractivity contribution in [3.63, 3.8) is 0 Å². The minimum absolute atomic E-state index is 0.415. The first-order valence-electron chi connectivity index (χ1n) is 9.43. The van der Waals surface area contributed by atoms with E-state index in [4.69, 9.17) is 4.74 Å². The normalized spacial score (nSPS) is 38.7. The molecule has 0 spiro atoms. The van der Waals surface area contributed by atoms with E-state index in [-0.39, 0.29) is 0 Å². The van der Waals surface area contributed by atoms with E-state index in [1.165, 1.54) is 44.1 Å². The number of benzene rings is 1. The SMILES string of the molecule is C=C1CC[C@@H]2[C@@H]3[C@H](CC)Cc4cc(OC)ccc4[C@H]3CC[C@]12C. The summed E-state index contributed by atoms with van der Waals surface area (Å²) in [5.74, 6) is 4.33. The van der Waals surface area contributed by atoms with E-state index in [0.717, 1.165) is 29.4 Å². The van der Waals surface area contributed by atoms with Crippen LogP contribution >= 0.6 is 0 Å². The third-order valence-corrected chi connectivity index (χ3v) is 7.59. The van der Waals surface area contributed by atoms with Crippen LogP contribution in [0.1, 0.15) is 63.0 Å². The minimum Gasteiger partial charge on any atom is -0.497 e. The van der Waals surface area contributed by atoms with Crippen LogP contribution in [0.3, 0.4) is 0 Å². The van der Waals surface area contributed by atoms with Gasteiger partial charge >= 0.3 is 0 Å². The standard InChI is InChI=1S/C22H30O/c1-5-15-12-16-13-17(23-4)7-8-18(16)19-10-11-22(3)14(2)6-9-20(22)21(15)19/h7-8,13,15,19-21H,2,5-6,9-12H2,1,3-4H3/t15-,19-,20-,21-,22-/m1/s1. The van der Waals surface area contributed by atoms with E-state index >= 15 is 0 Å². The smallest absolute Gasteiger partial charge is 0.119 e. The first kappa shape index (κ1) is 15.3. The highest BCUT2D eigenvalue weighted by molar-refractivity contribution is 5.41. The molecule has 0 N–H and O–H groups in total. The molecule has 124 valence electrons. The summed E-state index contributed by atoms with van der Waals surface area (Å²) >= 11 is 0. The second kappa shape index (κ2) is 5.40. The summed E-state index contributed by atoms with van der Waals surface area (Å²) in [6.45, 7) is 9.35. The molecule has 0 heterocycles. The third kappa shape index (κ3) is 2.12. The van der Waals surface area contributed by atoms with Gasteiger partial charge in [0.25, 0.3) is 0 Å². The van der Waals surface area contributed by atoms with Crippen molar-refractivity contribution < 1.29 is 4.74 Å². The molecule has 5 atom stereocenters. The third-order valence-electron chi connectivity index (χ3n) is 7.59. The van der Waals surface area contributed by atoms with Gasteiger partial charge in [0.1, 0.15) is 5.75 Å². The maximum Gasteiger partial charge on any atom is 0.119 e. The average Bonchev–Trinajstić information content (AvgIpc) is 2.88. The lowest BCUT2D eigenvalue weighted by atomic mass is 9.52. The van der Waals surface area contributed by atoms with Crippen molar-refractivity contribution in [2.75, 3.05) is 7.11 Å². The first-order chi connectivity index (χ1) is 11.1. The number of methoxy groups -OCH3 is 1. The highest BCUT2D eigenvalue weighted by Crippen LogP contribution is 2.63. The van der Waals surface area contributed by atoms with Crippen molar-refractivity contribution in [3.8, 4) is 5.75 Å². The predicted molar refractivity (Wildman–Crippen MR) is 95.9 cm³/mol. The van der Waals surface area contributed by atoms with Gasteiger partial charge in [0.05, 0.1) is 7.11 Å². The lowest BCUT2D eigenvalue weighted by Crippen LogP contribution is -2.44. The van der Waals surface area contributed by atoms with Crippen molar-refractivity contribution in [2.45, 2.75) is 58.3 Å². The van der Waals surface area contributed by atoms with Gasteiger partial charge in [-0.1, -0.05) is 38.5 Å². The number of hydrogen-bond acceptors (Lipinski definition) is 1. The fraction of sp³-hybridized carbons (Fsp3) is 0.636. The fourth-order valence-corrected chi connectivity index (χ4v) is 6.21. The maximum atomic E-state index is 5.47. The topological polar surface area (TPSA) is 9.23 Å². The lowest BCUT2D eigenvalue weighted by Gasteiger charge is -2.52. The molecule has 1 nitrogen and oxygen atoms in total. The lowest BCUT2D eigenvalue weighted by molar-refractivity contribution is 0.0416. The number of fused-ring (bicyclic) bond motifs is 5. The van der Waals surface area contributed by atoms with Gasteiger partial charge in [-0.25, -0.2) is 0 Å². The molecular weight excluding hydrogens is 280 g/mol. The second-order valence-corrected chi connectivity index (χ2v) is 8.33. The van der Waals surface area contributed by atoms with Gasteiger partial charge < -0.3 is 4.74 Å². The van der Waals surface area contributed by atoms with E-state index in [1.807, 2.05) is 0 Å². The van der Waals surface area contributed by atoms with Crippen LogP contribution in [0.4, 0.5) is 0 Å². The molecular formula is C22H30O. The maximum absolute atomic E-state index is 5.47. The Morgan fingerprint density at radius 3 is 2.87 bits per heavy atom. The molecule has 0 amide bonds. The Morgan fingerprint density at radius 2 is 2.13 bits per heavy atom. The highest BCUT2D eigenvalue weighted by Gasteiger charge is 2.54. The Kier molecular flexibility index (Phi) is 3.59. The average molecular weight is 310 g/mol. The summed E-state index contributed by atoms with van der Waals surface area (Å²) in [4.78, 5) is 0. The van der Waals surface area contributed by atoms with Crippen LogP contribution in [0, 0.1) is 23.2 Å². The largest absolute Gasteiger partial charge is 0.497 e. The monoisotopic (exact) mass is 310 g/mol. The van der Waals surface area contributed by atoms with Gasteiger partial charge in [0.2, 0.25) is 0 Å². The molecule has 0 bridgehead atoms. The summed E-state index contributed by atoms with van der Waals surface area (Å²) in [6, 6.07) is 6.84. The molecule has 3 aliphatic rings. The van der Waals surface area contributed by atoms with Crippen LogP contribution in [-0.2, 0) is 6.42 Å². The minimum atomic E-state index is 0.415. The summed E-state index contributed by atoms with van der Waals surface area (Å²) in [5, 5.41) is 0. The van der Waals surface area contributed by atoms with E-state index < -0.39 is 0 Å². The Balaban J connectivity index is 1.76. The Bertz CT molecular complexity index is 631. The van der Waals surface area contributed by atoms with Gasteiger partial charge in [0, 0.05) is 0 Å². The summed E-state index contributed by atoms with van der Waals surface area (Å²) in [7, 11) is 1.78. The van der Waals surface area contributed by atoms with Crippen molar-refractivity contribution in [2.24, 2.45) is 23.2 Å². The number of allylic oxidation sites excluding steroid dienone is 1. The highest BCUT2D eigenvalue weighted by atomic mass is 16.5. The van der Waals surface area contributed by atoms with Gasteiger partial charge in [-0.3, -0.25) is 0 Å². The van der Waals surface area contributed by atoms with Crippen LogP contribution in [0.15, 0.2) is 30.4 Å². The summed E-state index contributed by atoms with van der Waals surface area (Å²) < 4.78 is 5.47. The zero-order chi connectivity index (χ0) is 16.2. The van der Waals surface area contributed by atoms with Crippen LogP contribution in [0.5, 0.6) is 5.75 Å². The van der Waals surface area contributed by atoms with E-state index in [0.29, 0.717) is 5.41 Å². The number of rotatable bonds is 2. The molecule has 0 aliphatic heterocycles. The van der Waals surface area contributed by atoms with Crippen molar-refractivity contribution in [3.05, 3.63) is 41.5 Å². The molecule has 0 saturated heterocycles. The molecule has 23 heavy (non-hydrogen) atoms. The van der Waals surface area contributed by atoms with Gasteiger partial charge in [-0.05, 0) is 84.5 Å². The van der Waals surface area contributed by atoms with Crippen LogP contribution in [0.2, 0.25) is 0 Å². The molecule has 3 aliphatic carbocycles. The van der Waals surface area contributed by atoms with Crippen molar-refractivity contribution in [1.82, 2.24) is 0 Å². The molecule has 0 radical (unpaired) electrons. The number of hydrogen-bond donors (Lipinski definition) is 0. The van der Waals surface area contributed by atoms with Crippen LogP contribution in [0.25, 0.3) is 0 Å². The van der Waals surface area contributed by atoms with E-state index in [9.17, 15) is 0 Å². The van der Waals surface area contributed by atoms with Gasteiger partial charge in [-0.15, -0.1) is 0 Å². The zero-order valence-electron chi connectivity index (χ0n) is 14.9. The summed E-state index contributed by atoms with van der Waals surface area (Å²) in [6.07, 6.45) is 7.85. The first-order valence-corrected chi connectivity index (χ1v) is 9.43. The molecule has 2 saturated carbocycles. The molecule has 2 fully saturated rings. The molecule has 0 unspecified atom stereocenters. The summed E-state index contributed by atoms with van der Waals surface area (Å²) in [5.41, 5.74) is 5.13. The Morgan fingerprint density at radius 1 is 1.30 bits per heavy atom. The zero-order valence-corrected chi connectivity index (χ0v) is 14.9. The fourth-order valence-electron chi connectivity index (χ4n) is 6.21. The van der Waals surface area contributed by atoms with Crippen molar-refractivity contribution in [1.29, 1.82) is 0 Å². The molecule has 4 rings (SSSR count). The molecule has 1 aromatic rings. The van der Waals surface area contributed by atoms with E-state index in [1.54, 1.807) is 18.2 Å². The predicted octanol–water partition coefficient (Wildman–Crippen LogP) is 5.74. The molecule has 1 heteroatoms.